The molecule has 20 heavy (non-hydrogen) atoms. The topological polar surface area (TPSA) is 57.8 Å². The molecular formula is C14H16BrN3O2. The summed E-state index contributed by atoms with van der Waals surface area (Å²) >= 11 is 3.35. The lowest BCUT2D eigenvalue weighted by Crippen LogP contribution is -2.38. The molecule has 3 rings (SSSR count). The number of aliphatic hydroxyl groups is 1. The van der Waals surface area contributed by atoms with Crippen molar-refractivity contribution in [3.8, 4) is 0 Å². The maximum atomic E-state index is 12.1. The van der Waals surface area contributed by atoms with Crippen molar-refractivity contribution < 1.29 is 5.11 Å². The monoisotopic (exact) mass is 337 g/mol. The van der Waals surface area contributed by atoms with Gasteiger partial charge in [0.25, 0.3) is 5.56 Å². The minimum atomic E-state index is -0.263. The molecule has 1 saturated heterocycles. The third-order valence-corrected chi connectivity index (χ3v) is 4.01. The Kier molecular flexibility index (Phi) is 3.87. The molecule has 3 heterocycles. The number of fused-ring (bicyclic) bond motifs is 1. The van der Waals surface area contributed by atoms with Gasteiger partial charge < -0.3 is 5.11 Å². The van der Waals surface area contributed by atoms with Gasteiger partial charge in [-0.15, -0.1) is 0 Å². The van der Waals surface area contributed by atoms with Crippen molar-refractivity contribution in [2.24, 2.45) is 0 Å². The van der Waals surface area contributed by atoms with E-state index in [4.69, 9.17) is 0 Å². The van der Waals surface area contributed by atoms with Gasteiger partial charge in [-0.25, -0.2) is 4.98 Å². The molecule has 2 aromatic heterocycles. The predicted molar refractivity (Wildman–Crippen MR) is 79.7 cm³/mol. The van der Waals surface area contributed by atoms with Crippen molar-refractivity contribution in [2.45, 2.75) is 25.5 Å². The van der Waals surface area contributed by atoms with Gasteiger partial charge in [-0.2, -0.15) is 0 Å². The van der Waals surface area contributed by atoms with Crippen molar-refractivity contribution >= 4 is 21.6 Å². The van der Waals surface area contributed by atoms with Gasteiger partial charge in [-0.1, -0.05) is 0 Å². The Morgan fingerprint density at radius 3 is 3.10 bits per heavy atom. The predicted octanol–water partition coefficient (Wildman–Crippen LogP) is 1.41. The fraction of sp³-hybridized carbons (Fsp3) is 0.429. The highest BCUT2D eigenvalue weighted by Gasteiger charge is 2.18. The average Bonchev–Trinajstić information content (AvgIpc) is 2.40. The van der Waals surface area contributed by atoms with Gasteiger partial charge in [-0.05, 0) is 47.4 Å². The van der Waals surface area contributed by atoms with Crippen LogP contribution >= 0.6 is 15.9 Å². The van der Waals surface area contributed by atoms with E-state index in [0.717, 1.165) is 29.6 Å². The highest BCUT2D eigenvalue weighted by Crippen LogP contribution is 2.13. The second-order valence-corrected chi connectivity index (χ2v) is 6.11. The van der Waals surface area contributed by atoms with Crippen LogP contribution in [0.4, 0.5) is 0 Å². The van der Waals surface area contributed by atoms with E-state index in [1.165, 1.54) is 4.40 Å². The van der Waals surface area contributed by atoms with Crippen LogP contribution in [-0.2, 0) is 6.54 Å². The number of rotatable bonds is 2. The molecule has 1 aliphatic rings. The quantitative estimate of drug-likeness (QED) is 0.900. The van der Waals surface area contributed by atoms with Crippen molar-refractivity contribution in [1.82, 2.24) is 14.3 Å². The van der Waals surface area contributed by atoms with Crippen LogP contribution in [0.15, 0.2) is 33.7 Å². The zero-order valence-electron chi connectivity index (χ0n) is 11.0. The minimum absolute atomic E-state index is 0.0798. The highest BCUT2D eigenvalue weighted by molar-refractivity contribution is 9.10. The number of aromatic nitrogens is 2. The summed E-state index contributed by atoms with van der Waals surface area (Å²) < 4.78 is 2.37. The zero-order chi connectivity index (χ0) is 14.1. The number of piperidine rings is 1. The number of likely N-dealkylation sites (tertiary alicyclic amines) is 1. The van der Waals surface area contributed by atoms with Crippen molar-refractivity contribution in [2.75, 3.05) is 13.1 Å². The number of halogens is 1. The first kappa shape index (κ1) is 13.7. The lowest BCUT2D eigenvalue weighted by molar-refractivity contribution is 0.0662. The Bertz CT molecular complexity index is 686. The molecule has 0 aliphatic carbocycles. The molecule has 6 heteroatoms. The minimum Gasteiger partial charge on any atom is -0.392 e. The fourth-order valence-corrected chi connectivity index (χ4v) is 2.95. The molecule has 1 fully saturated rings. The summed E-state index contributed by atoms with van der Waals surface area (Å²) in [5, 5.41) is 9.68. The van der Waals surface area contributed by atoms with E-state index < -0.39 is 0 Å². The number of hydrogen-bond acceptors (Lipinski definition) is 4. The van der Waals surface area contributed by atoms with Gasteiger partial charge in [0.15, 0.2) is 0 Å². The Labute approximate surface area is 125 Å². The molecule has 106 valence electrons. The van der Waals surface area contributed by atoms with E-state index in [0.29, 0.717) is 18.7 Å². The molecule has 0 bridgehead atoms. The molecule has 1 unspecified atom stereocenters. The fourth-order valence-electron chi connectivity index (χ4n) is 2.61. The summed E-state index contributed by atoms with van der Waals surface area (Å²) in [6, 6.07) is 5.26. The molecule has 0 spiro atoms. The number of pyridine rings is 1. The van der Waals surface area contributed by atoms with Crippen LogP contribution in [0.5, 0.6) is 0 Å². The summed E-state index contributed by atoms with van der Waals surface area (Å²) in [6.45, 7) is 2.21. The maximum Gasteiger partial charge on any atom is 0.258 e. The van der Waals surface area contributed by atoms with Crippen molar-refractivity contribution in [3.05, 3.63) is 44.9 Å². The lowest BCUT2D eigenvalue weighted by atomic mass is 10.1. The van der Waals surface area contributed by atoms with Crippen LogP contribution in [0, 0.1) is 0 Å². The molecule has 0 radical (unpaired) electrons. The van der Waals surface area contributed by atoms with Gasteiger partial charge in [0, 0.05) is 29.8 Å². The standard InChI is InChI=1S/C14H16BrN3O2/c15-10-3-4-13-16-11(6-14(20)18(13)7-10)8-17-5-1-2-12(19)9-17/h3-4,6-7,12,19H,1-2,5,8-9H2. The molecule has 0 saturated carbocycles. The highest BCUT2D eigenvalue weighted by atomic mass is 79.9. The Morgan fingerprint density at radius 1 is 1.45 bits per heavy atom. The third kappa shape index (κ3) is 2.92. The number of hydrogen-bond donors (Lipinski definition) is 1. The molecule has 1 aliphatic heterocycles. The largest absolute Gasteiger partial charge is 0.392 e. The van der Waals surface area contributed by atoms with Crippen molar-refractivity contribution in [1.29, 1.82) is 0 Å². The molecule has 0 aromatic carbocycles. The second-order valence-electron chi connectivity index (χ2n) is 5.19. The van der Waals surface area contributed by atoms with Gasteiger partial charge in [0.2, 0.25) is 0 Å². The smallest absolute Gasteiger partial charge is 0.258 e. The molecular weight excluding hydrogens is 322 g/mol. The van der Waals surface area contributed by atoms with E-state index in [1.54, 1.807) is 12.3 Å². The molecule has 0 amide bonds. The van der Waals surface area contributed by atoms with Crippen LogP contribution in [-0.4, -0.2) is 38.6 Å². The molecule has 1 atom stereocenters. The number of aliphatic hydroxyl groups excluding tert-OH is 1. The van der Waals surface area contributed by atoms with Gasteiger partial charge >= 0.3 is 0 Å². The van der Waals surface area contributed by atoms with E-state index in [-0.39, 0.29) is 11.7 Å². The summed E-state index contributed by atoms with van der Waals surface area (Å²) in [5.74, 6) is 0. The first-order chi connectivity index (χ1) is 9.61. The molecule has 2 aromatic rings. The van der Waals surface area contributed by atoms with Gasteiger partial charge in [0.05, 0.1) is 11.8 Å². The third-order valence-electron chi connectivity index (χ3n) is 3.54. The maximum absolute atomic E-state index is 12.1. The summed E-state index contributed by atoms with van der Waals surface area (Å²) in [4.78, 5) is 18.8. The van der Waals surface area contributed by atoms with E-state index in [2.05, 4.69) is 25.8 Å². The van der Waals surface area contributed by atoms with Crippen LogP contribution < -0.4 is 5.56 Å². The normalized spacial score (nSPS) is 20.4. The van der Waals surface area contributed by atoms with Crippen molar-refractivity contribution in [3.63, 3.8) is 0 Å². The lowest BCUT2D eigenvalue weighted by Gasteiger charge is -2.29. The first-order valence-corrected chi connectivity index (χ1v) is 7.49. The summed E-state index contributed by atoms with van der Waals surface area (Å²) in [6.07, 6.45) is 3.30. The van der Waals surface area contributed by atoms with E-state index in [1.807, 2.05) is 12.1 Å². The Morgan fingerprint density at radius 2 is 2.30 bits per heavy atom. The van der Waals surface area contributed by atoms with Crippen LogP contribution in [0.1, 0.15) is 18.5 Å². The van der Waals surface area contributed by atoms with Crippen LogP contribution in [0.25, 0.3) is 5.65 Å². The zero-order valence-corrected chi connectivity index (χ0v) is 12.6. The van der Waals surface area contributed by atoms with Gasteiger partial charge in [-0.3, -0.25) is 14.1 Å². The SMILES string of the molecule is O=c1cc(CN2CCCC(O)C2)nc2ccc(Br)cn12. The summed E-state index contributed by atoms with van der Waals surface area (Å²) in [5.41, 5.74) is 1.32. The molecule has 1 N–H and O–H groups in total. The van der Waals surface area contributed by atoms with E-state index >= 15 is 0 Å². The summed E-state index contributed by atoms with van der Waals surface area (Å²) in [7, 11) is 0. The number of β-amino-alcohol motifs (C(OH)–C–C–N with tert-alkyl or cyclic N) is 1. The number of nitrogens with zero attached hydrogens (tertiary/aromatic N) is 3. The van der Waals surface area contributed by atoms with Gasteiger partial charge in [0.1, 0.15) is 5.65 Å². The van der Waals surface area contributed by atoms with Crippen LogP contribution in [0.3, 0.4) is 0 Å². The second kappa shape index (κ2) is 5.63. The Balaban J connectivity index is 1.89. The molecule has 5 nitrogen and oxygen atoms in total. The van der Waals surface area contributed by atoms with E-state index in [9.17, 15) is 9.90 Å². The first-order valence-electron chi connectivity index (χ1n) is 6.70. The average molecular weight is 338 g/mol. The Hall–Kier alpha value is -1.24. The van der Waals surface area contributed by atoms with Crippen LogP contribution in [0.2, 0.25) is 0 Å².